The molecule has 2 unspecified atom stereocenters. The van der Waals surface area contributed by atoms with Crippen LogP contribution in [0.1, 0.15) is 67.6 Å². The van der Waals surface area contributed by atoms with Gasteiger partial charge in [0.2, 0.25) is 27.7 Å². The topological polar surface area (TPSA) is 144 Å². The van der Waals surface area contributed by atoms with E-state index in [1.165, 1.54) is 9.87 Å². The number of nitrogens with one attached hydrogen (secondary N) is 3. The number of hydrogen-bond donors (Lipinski definition) is 3. The number of aromatic nitrogens is 1. The molecule has 280 valence electrons. The summed E-state index contributed by atoms with van der Waals surface area (Å²) in [6.07, 6.45) is 7.24. The third-order valence-corrected chi connectivity index (χ3v) is 14.1. The average molecular weight is 760 g/mol. The highest BCUT2D eigenvalue weighted by Crippen LogP contribution is 2.57. The highest BCUT2D eigenvalue weighted by molar-refractivity contribution is 7.89. The number of carbonyl (C=O) groups is 3. The molecule has 5 aliphatic rings. The van der Waals surface area contributed by atoms with Crippen molar-refractivity contribution in [3.05, 3.63) is 82.5 Å². The molecule has 14 heteroatoms. The van der Waals surface area contributed by atoms with Gasteiger partial charge in [-0.3, -0.25) is 19.7 Å². The van der Waals surface area contributed by atoms with E-state index in [9.17, 15) is 22.8 Å². The van der Waals surface area contributed by atoms with Gasteiger partial charge in [0.25, 0.3) is 0 Å². The Bertz CT molecular complexity index is 2000. The van der Waals surface area contributed by atoms with E-state index in [4.69, 9.17) is 11.6 Å². The van der Waals surface area contributed by atoms with Crippen molar-refractivity contribution >= 4 is 56.5 Å². The number of pyridine rings is 1. The lowest BCUT2D eigenvalue weighted by atomic mass is 9.72. The zero-order valence-electron chi connectivity index (χ0n) is 29.7. The fourth-order valence-electron chi connectivity index (χ4n) is 8.80. The first-order chi connectivity index (χ1) is 25.6. The van der Waals surface area contributed by atoms with E-state index in [1.54, 1.807) is 11.1 Å². The number of sulfonamides is 1. The first-order valence-electron chi connectivity index (χ1n) is 18.8. The molecule has 3 saturated heterocycles. The summed E-state index contributed by atoms with van der Waals surface area (Å²) < 4.78 is 28.2. The minimum atomic E-state index is -3.59. The molecular weight excluding hydrogens is 714 g/mol. The smallest absolute Gasteiger partial charge is 0.249 e. The first-order valence-corrected chi connectivity index (χ1v) is 20.8. The van der Waals surface area contributed by atoms with Crippen LogP contribution in [-0.2, 0) is 29.8 Å². The zero-order chi connectivity index (χ0) is 36.7. The maximum Gasteiger partial charge on any atom is 0.249 e. The molecule has 12 nitrogen and oxygen atoms in total. The van der Waals surface area contributed by atoms with E-state index < -0.39 is 16.1 Å². The van der Waals surface area contributed by atoms with Gasteiger partial charge in [0.05, 0.1) is 12.3 Å². The Kier molecular flexibility index (Phi) is 9.94. The van der Waals surface area contributed by atoms with Crippen LogP contribution in [0.15, 0.2) is 60.8 Å². The molecule has 0 spiro atoms. The summed E-state index contributed by atoms with van der Waals surface area (Å²) in [7, 11) is -3.59. The van der Waals surface area contributed by atoms with Crippen LogP contribution in [0.25, 0.3) is 0 Å². The minimum Gasteiger partial charge on any atom is -0.374 e. The fourth-order valence-corrected chi connectivity index (χ4v) is 10.5. The molecule has 3 aromatic rings. The molecule has 5 heterocycles. The number of rotatable bonds is 11. The molecule has 8 rings (SSSR count). The Balaban J connectivity index is 0.813. The lowest BCUT2D eigenvalue weighted by molar-refractivity contribution is -0.133. The summed E-state index contributed by atoms with van der Waals surface area (Å²) >= 11 is 6.76. The number of piperidine rings is 2. The highest BCUT2D eigenvalue weighted by atomic mass is 35.5. The Hall–Kier alpha value is -4.04. The fraction of sp³-hybridized carbons (Fsp3) is 0.487. The van der Waals surface area contributed by atoms with Crippen LogP contribution in [-0.4, -0.2) is 97.9 Å². The summed E-state index contributed by atoms with van der Waals surface area (Å²) in [6.45, 7) is 3.59. The molecule has 1 aliphatic carbocycles. The summed E-state index contributed by atoms with van der Waals surface area (Å²) in [5.41, 5.74) is 4.70. The van der Waals surface area contributed by atoms with Crippen LogP contribution in [0.2, 0.25) is 5.02 Å². The van der Waals surface area contributed by atoms with Crippen molar-refractivity contribution in [2.24, 2.45) is 5.92 Å². The van der Waals surface area contributed by atoms with Crippen LogP contribution in [0.5, 0.6) is 0 Å². The number of nitrogens with zero attached hydrogens (tertiary/aromatic N) is 4. The Labute approximate surface area is 315 Å². The number of hydrogen-bond acceptors (Lipinski definition) is 9. The van der Waals surface area contributed by atoms with Gasteiger partial charge in [0, 0.05) is 59.6 Å². The Morgan fingerprint density at radius 1 is 0.943 bits per heavy atom. The summed E-state index contributed by atoms with van der Waals surface area (Å²) in [5, 5.41) is 9.78. The Morgan fingerprint density at radius 2 is 1.74 bits per heavy atom. The molecular formula is C39H46ClN7O5S. The van der Waals surface area contributed by atoms with Crippen LogP contribution < -0.4 is 20.9 Å². The van der Waals surface area contributed by atoms with Crippen molar-refractivity contribution in [3.63, 3.8) is 0 Å². The molecule has 53 heavy (non-hydrogen) atoms. The summed E-state index contributed by atoms with van der Waals surface area (Å²) in [4.78, 5) is 45.6. The largest absolute Gasteiger partial charge is 0.374 e. The zero-order valence-corrected chi connectivity index (χ0v) is 31.3. The lowest BCUT2D eigenvalue weighted by Crippen LogP contribution is -2.53. The van der Waals surface area contributed by atoms with Gasteiger partial charge in [-0.25, -0.2) is 13.4 Å². The lowest BCUT2D eigenvalue weighted by Gasteiger charge is -2.36. The maximum atomic E-state index is 13.5. The third-order valence-electron chi connectivity index (χ3n) is 11.8. The number of amides is 3. The highest BCUT2D eigenvalue weighted by Gasteiger charge is 2.53. The van der Waals surface area contributed by atoms with Gasteiger partial charge < -0.3 is 20.4 Å². The number of halogens is 1. The van der Waals surface area contributed by atoms with E-state index in [0.717, 1.165) is 67.1 Å². The summed E-state index contributed by atoms with van der Waals surface area (Å²) in [5.74, 6) is 0.964. The molecule has 1 aromatic heterocycles. The van der Waals surface area contributed by atoms with E-state index >= 15 is 0 Å². The van der Waals surface area contributed by atoms with Crippen LogP contribution in [0.4, 0.5) is 17.2 Å². The predicted molar refractivity (Wildman–Crippen MR) is 205 cm³/mol. The standard InChI is InChI=1S/C39H46ClN7O5S/c40-32-13-16-41-37-36(32)39(25-42-37,28-7-8-28)29-3-1-4-31(23-29)47-21-20-46(24-35(47)49)53(51,52)22-2-17-45-18-14-27(15-19-45)26-5-9-30(10-6-26)43-33-11-12-34(48)44-38(33)50/h1,3-6,9-10,13,16,23,27-28,33,43H,2,7-8,11-12,14-15,17-22,24-25H2,(H,41,42)(H,44,48,50). The molecule has 0 bridgehead atoms. The van der Waals surface area contributed by atoms with Crippen LogP contribution in [0.3, 0.4) is 0 Å². The number of benzene rings is 2. The SMILES string of the molecule is O=C1CCC(Nc2ccc(C3CCN(CCCS(=O)(=O)N4CCN(c5cccc(C6(C7CC7)CNc7nccc(Cl)c76)c5)C(=O)C4)CC3)cc2)C(=O)N1. The predicted octanol–water partition coefficient (Wildman–Crippen LogP) is 4.32. The van der Waals surface area contributed by atoms with Crippen molar-refractivity contribution in [1.29, 1.82) is 0 Å². The maximum absolute atomic E-state index is 13.5. The van der Waals surface area contributed by atoms with Crippen molar-refractivity contribution in [3.8, 4) is 0 Å². The molecule has 3 amide bonds. The molecule has 0 radical (unpaired) electrons. The number of imide groups is 1. The minimum absolute atomic E-state index is 0.0163. The number of carbonyl (C=O) groups excluding carboxylic acids is 3. The van der Waals surface area contributed by atoms with Gasteiger partial charge in [-0.05, 0) is 111 Å². The first kappa shape index (κ1) is 36.0. The van der Waals surface area contributed by atoms with Gasteiger partial charge in [-0.15, -0.1) is 0 Å². The van der Waals surface area contributed by atoms with Crippen molar-refractivity contribution in [2.75, 3.05) is 67.1 Å². The van der Waals surface area contributed by atoms with Crippen molar-refractivity contribution in [2.45, 2.75) is 62.3 Å². The molecule has 2 atom stereocenters. The van der Waals surface area contributed by atoms with Gasteiger partial charge >= 0.3 is 0 Å². The van der Waals surface area contributed by atoms with Crippen LogP contribution >= 0.6 is 11.6 Å². The number of fused-ring (bicyclic) bond motifs is 1. The van der Waals surface area contributed by atoms with Crippen LogP contribution in [0, 0.1) is 5.92 Å². The van der Waals surface area contributed by atoms with Gasteiger partial charge in [0.15, 0.2) is 0 Å². The summed E-state index contributed by atoms with van der Waals surface area (Å²) in [6, 6.07) is 17.7. The number of piperazine rings is 1. The molecule has 1 saturated carbocycles. The van der Waals surface area contributed by atoms with Gasteiger partial charge in [-0.2, -0.15) is 4.31 Å². The number of likely N-dealkylation sites (tertiary alicyclic amines) is 1. The quantitative estimate of drug-likeness (QED) is 0.244. The van der Waals surface area contributed by atoms with E-state index in [0.29, 0.717) is 55.8 Å². The second-order valence-corrected chi connectivity index (χ2v) is 17.6. The monoisotopic (exact) mass is 759 g/mol. The number of anilines is 3. The molecule has 3 N–H and O–H groups in total. The molecule has 2 aromatic carbocycles. The second kappa shape index (κ2) is 14.7. The second-order valence-electron chi connectivity index (χ2n) is 15.1. The van der Waals surface area contributed by atoms with Crippen molar-refractivity contribution < 1.29 is 22.8 Å². The van der Waals surface area contributed by atoms with Gasteiger partial charge in [0.1, 0.15) is 11.9 Å². The molecule has 4 aliphatic heterocycles. The molecule has 4 fully saturated rings. The van der Waals surface area contributed by atoms with Gasteiger partial charge in [-0.1, -0.05) is 35.9 Å². The average Bonchev–Trinajstić information content (AvgIpc) is 3.94. The third kappa shape index (κ3) is 7.28. The van der Waals surface area contributed by atoms with E-state index in [-0.39, 0.29) is 42.0 Å². The van der Waals surface area contributed by atoms with E-state index in [2.05, 4.69) is 50.1 Å². The van der Waals surface area contributed by atoms with Crippen molar-refractivity contribution in [1.82, 2.24) is 19.5 Å². The van der Waals surface area contributed by atoms with E-state index in [1.807, 2.05) is 30.3 Å². The Morgan fingerprint density at radius 3 is 2.47 bits per heavy atom. The normalized spacial score (nSPS) is 24.5.